The van der Waals surface area contributed by atoms with Gasteiger partial charge in [0.2, 0.25) is 0 Å². The Morgan fingerprint density at radius 3 is 2.70 bits per heavy atom. The standard InChI is InChI=1S/C17H24BrNO/c1-19-17(13-8-6-4-3-5-7-9-13)14-10-11-16(20-2)15(18)12-14/h8,10-12,17,19H,3-7,9H2,1-2H3/b13-8+. The zero-order valence-electron chi connectivity index (χ0n) is 12.4. The largest absolute Gasteiger partial charge is 0.496 e. The minimum absolute atomic E-state index is 0.315. The van der Waals surface area contributed by atoms with Crippen molar-refractivity contribution in [3.8, 4) is 5.75 Å². The van der Waals surface area contributed by atoms with Crippen LogP contribution in [0.15, 0.2) is 34.3 Å². The Balaban J connectivity index is 2.24. The Hall–Kier alpha value is -0.800. The van der Waals surface area contributed by atoms with E-state index in [-0.39, 0.29) is 0 Å². The van der Waals surface area contributed by atoms with E-state index >= 15 is 0 Å². The van der Waals surface area contributed by atoms with E-state index in [1.165, 1.54) is 49.7 Å². The van der Waals surface area contributed by atoms with Gasteiger partial charge in [-0.3, -0.25) is 0 Å². The highest BCUT2D eigenvalue weighted by Gasteiger charge is 2.16. The number of rotatable bonds is 4. The smallest absolute Gasteiger partial charge is 0.133 e. The van der Waals surface area contributed by atoms with Crippen LogP contribution in [0.5, 0.6) is 5.75 Å². The molecule has 1 unspecified atom stereocenters. The van der Waals surface area contributed by atoms with Crippen LogP contribution in [0.25, 0.3) is 0 Å². The van der Waals surface area contributed by atoms with Crippen LogP contribution in [-0.2, 0) is 0 Å². The van der Waals surface area contributed by atoms with Gasteiger partial charge in [0.1, 0.15) is 5.75 Å². The van der Waals surface area contributed by atoms with Gasteiger partial charge in [-0.05, 0) is 66.4 Å². The Bertz CT molecular complexity index is 470. The highest BCUT2D eigenvalue weighted by atomic mass is 79.9. The summed E-state index contributed by atoms with van der Waals surface area (Å²) in [5.74, 6) is 0.884. The van der Waals surface area contributed by atoms with E-state index in [2.05, 4.69) is 39.5 Å². The molecule has 1 N–H and O–H groups in total. The van der Waals surface area contributed by atoms with E-state index in [0.717, 1.165) is 10.2 Å². The minimum Gasteiger partial charge on any atom is -0.496 e. The average Bonchev–Trinajstić information content (AvgIpc) is 2.42. The van der Waals surface area contributed by atoms with Gasteiger partial charge in [-0.2, -0.15) is 0 Å². The van der Waals surface area contributed by atoms with Gasteiger partial charge in [-0.25, -0.2) is 0 Å². The number of likely N-dealkylation sites (N-methyl/N-ethyl adjacent to an activating group) is 1. The van der Waals surface area contributed by atoms with E-state index in [4.69, 9.17) is 4.74 Å². The Morgan fingerprint density at radius 2 is 2.00 bits per heavy atom. The highest BCUT2D eigenvalue weighted by Crippen LogP contribution is 2.33. The minimum atomic E-state index is 0.315. The Kier molecular flexibility index (Phi) is 6.11. The number of methoxy groups -OCH3 is 1. The van der Waals surface area contributed by atoms with Gasteiger partial charge in [0.05, 0.1) is 17.6 Å². The summed E-state index contributed by atoms with van der Waals surface area (Å²) in [7, 11) is 3.75. The number of nitrogens with one attached hydrogen (secondary N) is 1. The molecule has 0 fully saturated rings. The molecule has 20 heavy (non-hydrogen) atoms. The van der Waals surface area contributed by atoms with Gasteiger partial charge >= 0.3 is 0 Å². The number of hydrogen-bond acceptors (Lipinski definition) is 2. The van der Waals surface area contributed by atoms with Crippen molar-refractivity contribution < 1.29 is 4.74 Å². The van der Waals surface area contributed by atoms with Gasteiger partial charge in [0, 0.05) is 0 Å². The van der Waals surface area contributed by atoms with Crippen molar-refractivity contribution >= 4 is 15.9 Å². The molecule has 0 saturated heterocycles. The molecule has 0 spiro atoms. The van der Waals surface area contributed by atoms with E-state index in [0.29, 0.717) is 6.04 Å². The summed E-state index contributed by atoms with van der Waals surface area (Å²) in [6, 6.07) is 6.67. The predicted molar refractivity (Wildman–Crippen MR) is 88.3 cm³/mol. The molecule has 0 saturated carbocycles. The fourth-order valence-electron chi connectivity index (χ4n) is 2.91. The summed E-state index contributed by atoms with van der Waals surface area (Å²) < 4.78 is 6.33. The topological polar surface area (TPSA) is 21.3 Å². The van der Waals surface area contributed by atoms with E-state index in [1.807, 2.05) is 13.1 Å². The van der Waals surface area contributed by atoms with Crippen molar-refractivity contribution in [1.29, 1.82) is 0 Å². The summed E-state index contributed by atoms with van der Waals surface area (Å²) in [4.78, 5) is 0. The van der Waals surface area contributed by atoms with Gasteiger partial charge < -0.3 is 10.1 Å². The molecule has 0 bridgehead atoms. The lowest BCUT2D eigenvalue weighted by Crippen LogP contribution is -2.19. The molecule has 3 heteroatoms. The molecular weight excluding hydrogens is 314 g/mol. The molecule has 2 rings (SSSR count). The lowest BCUT2D eigenvalue weighted by molar-refractivity contribution is 0.411. The van der Waals surface area contributed by atoms with Crippen LogP contribution in [0.4, 0.5) is 0 Å². The first-order valence-electron chi connectivity index (χ1n) is 7.46. The van der Waals surface area contributed by atoms with Crippen LogP contribution in [-0.4, -0.2) is 14.2 Å². The third kappa shape index (κ3) is 3.86. The molecular formula is C17H24BrNO. The van der Waals surface area contributed by atoms with E-state index in [9.17, 15) is 0 Å². The first kappa shape index (κ1) is 15.6. The van der Waals surface area contributed by atoms with Crippen LogP contribution < -0.4 is 10.1 Å². The molecule has 1 aliphatic rings. The Morgan fingerprint density at radius 1 is 1.20 bits per heavy atom. The first-order valence-corrected chi connectivity index (χ1v) is 8.25. The van der Waals surface area contributed by atoms with Gasteiger partial charge in [-0.15, -0.1) is 0 Å². The second-order valence-corrected chi connectivity index (χ2v) is 6.20. The number of ether oxygens (including phenoxy) is 1. The number of halogens is 1. The second kappa shape index (κ2) is 7.84. The summed E-state index contributed by atoms with van der Waals surface area (Å²) in [6.45, 7) is 0. The highest BCUT2D eigenvalue weighted by molar-refractivity contribution is 9.10. The van der Waals surface area contributed by atoms with E-state index < -0.39 is 0 Å². The summed E-state index contributed by atoms with van der Waals surface area (Å²) in [5.41, 5.74) is 2.83. The normalized spacial score (nSPS) is 20.4. The third-order valence-electron chi connectivity index (χ3n) is 3.99. The van der Waals surface area contributed by atoms with Crippen LogP contribution in [0.3, 0.4) is 0 Å². The lowest BCUT2D eigenvalue weighted by Gasteiger charge is -2.23. The van der Waals surface area contributed by atoms with Crippen LogP contribution in [0.2, 0.25) is 0 Å². The van der Waals surface area contributed by atoms with Crippen molar-refractivity contribution in [3.05, 3.63) is 39.9 Å². The number of hydrogen-bond donors (Lipinski definition) is 1. The van der Waals surface area contributed by atoms with Gasteiger partial charge in [0.25, 0.3) is 0 Å². The molecule has 1 aromatic carbocycles. The van der Waals surface area contributed by atoms with Crippen LogP contribution in [0, 0.1) is 0 Å². The molecule has 0 heterocycles. The van der Waals surface area contributed by atoms with Crippen molar-refractivity contribution in [2.45, 2.75) is 44.6 Å². The first-order chi connectivity index (χ1) is 9.76. The average molecular weight is 338 g/mol. The molecule has 1 aliphatic carbocycles. The predicted octanol–water partition coefficient (Wildman–Crippen LogP) is 5.00. The maximum Gasteiger partial charge on any atom is 0.133 e. The summed E-state index contributed by atoms with van der Waals surface area (Å²) in [6.07, 6.45) is 10.2. The molecule has 1 atom stereocenters. The van der Waals surface area contributed by atoms with Crippen LogP contribution in [0.1, 0.15) is 50.1 Å². The van der Waals surface area contributed by atoms with Crippen molar-refractivity contribution in [2.75, 3.05) is 14.2 Å². The quantitative estimate of drug-likeness (QED) is 0.780. The molecule has 2 nitrogen and oxygen atoms in total. The van der Waals surface area contributed by atoms with Crippen molar-refractivity contribution in [3.63, 3.8) is 0 Å². The maximum absolute atomic E-state index is 5.31. The molecule has 0 aliphatic heterocycles. The zero-order valence-corrected chi connectivity index (χ0v) is 14.0. The zero-order chi connectivity index (χ0) is 14.4. The second-order valence-electron chi connectivity index (χ2n) is 5.35. The third-order valence-corrected chi connectivity index (χ3v) is 4.61. The molecule has 0 amide bonds. The molecule has 1 aromatic rings. The number of allylic oxidation sites excluding steroid dienone is 1. The van der Waals surface area contributed by atoms with Gasteiger partial charge in [0.15, 0.2) is 0 Å². The van der Waals surface area contributed by atoms with Crippen LogP contribution >= 0.6 is 15.9 Å². The maximum atomic E-state index is 5.31. The fraction of sp³-hybridized carbons (Fsp3) is 0.529. The number of benzene rings is 1. The molecule has 110 valence electrons. The summed E-state index contributed by atoms with van der Waals surface area (Å²) in [5, 5.41) is 3.47. The fourth-order valence-corrected chi connectivity index (χ4v) is 3.47. The van der Waals surface area contributed by atoms with E-state index in [1.54, 1.807) is 7.11 Å². The monoisotopic (exact) mass is 337 g/mol. The lowest BCUT2D eigenvalue weighted by atomic mass is 9.91. The Labute approximate surface area is 130 Å². The van der Waals surface area contributed by atoms with Crippen molar-refractivity contribution in [1.82, 2.24) is 5.32 Å². The SMILES string of the molecule is CNC(/C1=C/CCCCCC1)c1ccc(OC)c(Br)c1. The summed E-state index contributed by atoms with van der Waals surface area (Å²) >= 11 is 3.58. The molecule has 0 radical (unpaired) electrons. The van der Waals surface area contributed by atoms with Crippen molar-refractivity contribution in [2.24, 2.45) is 0 Å². The van der Waals surface area contributed by atoms with Gasteiger partial charge in [-0.1, -0.05) is 30.6 Å². The molecule has 0 aromatic heterocycles.